The molecule has 0 saturated carbocycles. The van der Waals surface area contributed by atoms with Crippen molar-refractivity contribution in [3.05, 3.63) is 36.4 Å². The number of ether oxygens (including phenoxy) is 3. The lowest BCUT2D eigenvalue weighted by Gasteiger charge is -2.18. The Hall–Kier alpha value is -1.75. The van der Waals surface area contributed by atoms with E-state index >= 15 is 0 Å². The first kappa shape index (κ1) is 25.5. The second-order valence-electron chi connectivity index (χ2n) is 7.37. The van der Waals surface area contributed by atoms with Gasteiger partial charge in [-0.25, -0.2) is 8.42 Å². The highest BCUT2D eigenvalue weighted by Crippen LogP contribution is 2.31. The Labute approximate surface area is 185 Å². The van der Waals surface area contributed by atoms with E-state index < -0.39 is 15.2 Å². The van der Waals surface area contributed by atoms with Crippen LogP contribution in [0.15, 0.2) is 41.3 Å². The maximum atomic E-state index is 13.1. The number of benzene rings is 2. The van der Waals surface area contributed by atoms with Gasteiger partial charge in [-0.1, -0.05) is 24.3 Å². The molecular weight excluding hydrogens is 418 g/mol. The Balaban J connectivity index is 1.83. The molecule has 0 amide bonds. The first-order valence-electron chi connectivity index (χ1n) is 10.5. The molecule has 174 valence electrons. The van der Waals surface area contributed by atoms with Crippen LogP contribution in [0.2, 0.25) is 0 Å². The van der Waals surface area contributed by atoms with Gasteiger partial charge < -0.3 is 30.6 Å². The molecule has 0 saturated heterocycles. The zero-order chi connectivity index (χ0) is 22.7. The molecule has 0 bridgehead atoms. The van der Waals surface area contributed by atoms with Crippen LogP contribution in [0.25, 0.3) is 10.8 Å². The van der Waals surface area contributed by atoms with Crippen LogP contribution in [-0.2, 0) is 24.0 Å². The van der Waals surface area contributed by atoms with Crippen molar-refractivity contribution in [2.24, 2.45) is 11.5 Å². The maximum Gasteiger partial charge on any atom is 0.194 e. The summed E-state index contributed by atoms with van der Waals surface area (Å²) in [5, 5.41) is 0.506. The molecule has 31 heavy (non-hydrogen) atoms. The average molecular weight is 454 g/mol. The predicted molar refractivity (Wildman–Crippen MR) is 124 cm³/mol. The lowest BCUT2D eigenvalue weighted by Crippen LogP contribution is -2.32. The molecule has 0 aliphatic heterocycles. The number of fused-ring (bicyclic) bond motifs is 1. The van der Waals surface area contributed by atoms with Crippen molar-refractivity contribution < 1.29 is 22.6 Å². The van der Waals surface area contributed by atoms with Gasteiger partial charge in [-0.2, -0.15) is 0 Å². The number of hydrogen-bond acceptors (Lipinski definition) is 8. The Bertz CT molecular complexity index is 905. The number of anilines is 1. The Morgan fingerprint density at radius 1 is 0.871 bits per heavy atom. The van der Waals surface area contributed by atoms with Gasteiger partial charge in [0.1, 0.15) is 5.37 Å². The van der Waals surface area contributed by atoms with Crippen LogP contribution in [-0.4, -0.2) is 74.1 Å². The lowest BCUT2D eigenvalue weighted by atomic mass is 10.1. The summed E-state index contributed by atoms with van der Waals surface area (Å²) in [5.74, 6) is 0. The summed E-state index contributed by atoms with van der Waals surface area (Å²) in [4.78, 5) is 2.21. The topological polar surface area (TPSA) is 117 Å². The quantitative estimate of drug-likeness (QED) is 0.392. The molecule has 1 unspecified atom stereocenters. The van der Waals surface area contributed by atoms with Crippen LogP contribution in [0.4, 0.5) is 5.69 Å². The standard InChI is InChI=1S/C22H35N3O5S/c1-25(2)20-8-3-7-19-18(20)6-4-9-21(19)31(26,27)22(24)10-13-29-15-17-30-16-14-28-12-5-11-23/h3-4,6-9,22H,5,10-17,23-24H2,1-2H3. The van der Waals surface area contributed by atoms with Crippen LogP contribution in [0, 0.1) is 0 Å². The van der Waals surface area contributed by atoms with Crippen molar-refractivity contribution in [1.29, 1.82) is 0 Å². The molecular formula is C22H35N3O5S. The largest absolute Gasteiger partial charge is 0.379 e. The van der Waals surface area contributed by atoms with E-state index in [0.717, 1.165) is 17.5 Å². The second kappa shape index (κ2) is 12.9. The van der Waals surface area contributed by atoms with Gasteiger partial charge in [-0.15, -0.1) is 0 Å². The molecule has 2 aromatic carbocycles. The van der Waals surface area contributed by atoms with E-state index in [9.17, 15) is 8.42 Å². The molecule has 0 radical (unpaired) electrons. The fraction of sp³-hybridized carbons (Fsp3) is 0.545. The minimum atomic E-state index is -3.70. The highest BCUT2D eigenvalue weighted by Gasteiger charge is 2.26. The van der Waals surface area contributed by atoms with Crippen molar-refractivity contribution in [3.63, 3.8) is 0 Å². The summed E-state index contributed by atoms with van der Waals surface area (Å²) in [6.07, 6.45) is 1.04. The van der Waals surface area contributed by atoms with Gasteiger partial charge in [0.25, 0.3) is 0 Å². The van der Waals surface area contributed by atoms with Crippen molar-refractivity contribution in [2.75, 3.05) is 65.2 Å². The highest BCUT2D eigenvalue weighted by molar-refractivity contribution is 7.92. The molecule has 4 N–H and O–H groups in total. The van der Waals surface area contributed by atoms with Crippen LogP contribution in [0.3, 0.4) is 0 Å². The third-order valence-corrected chi connectivity index (χ3v) is 6.83. The summed E-state index contributed by atoms with van der Waals surface area (Å²) >= 11 is 0. The summed E-state index contributed by atoms with van der Waals surface area (Å²) < 4.78 is 42.4. The normalized spacial score (nSPS) is 12.9. The van der Waals surface area contributed by atoms with Crippen LogP contribution < -0.4 is 16.4 Å². The maximum absolute atomic E-state index is 13.1. The highest BCUT2D eigenvalue weighted by atomic mass is 32.2. The van der Waals surface area contributed by atoms with E-state index in [4.69, 9.17) is 25.7 Å². The van der Waals surface area contributed by atoms with E-state index in [1.807, 2.05) is 43.3 Å². The van der Waals surface area contributed by atoms with Gasteiger partial charge in [0.2, 0.25) is 0 Å². The number of sulfone groups is 1. The van der Waals surface area contributed by atoms with E-state index in [0.29, 0.717) is 45.0 Å². The monoisotopic (exact) mass is 453 g/mol. The van der Waals surface area contributed by atoms with Crippen LogP contribution in [0.1, 0.15) is 12.8 Å². The van der Waals surface area contributed by atoms with Gasteiger partial charge in [0.15, 0.2) is 9.84 Å². The predicted octanol–water partition coefficient (Wildman–Crippen LogP) is 1.75. The molecule has 0 spiro atoms. The first-order valence-corrected chi connectivity index (χ1v) is 12.1. The van der Waals surface area contributed by atoms with E-state index in [-0.39, 0.29) is 17.9 Å². The fourth-order valence-electron chi connectivity index (χ4n) is 3.15. The summed E-state index contributed by atoms with van der Waals surface area (Å²) in [6.45, 7) is 3.28. The molecule has 0 aliphatic rings. The number of rotatable bonds is 15. The van der Waals surface area contributed by atoms with Gasteiger partial charge in [0, 0.05) is 50.2 Å². The minimum Gasteiger partial charge on any atom is -0.379 e. The zero-order valence-corrected chi connectivity index (χ0v) is 19.3. The van der Waals surface area contributed by atoms with Crippen LogP contribution in [0.5, 0.6) is 0 Å². The Morgan fingerprint density at radius 3 is 2.10 bits per heavy atom. The molecule has 8 nitrogen and oxygen atoms in total. The summed E-state index contributed by atoms with van der Waals surface area (Å²) in [7, 11) is 0.158. The van der Waals surface area contributed by atoms with E-state index in [2.05, 4.69) is 0 Å². The lowest BCUT2D eigenvalue weighted by molar-refractivity contribution is 0.0140. The van der Waals surface area contributed by atoms with Crippen LogP contribution >= 0.6 is 0 Å². The van der Waals surface area contributed by atoms with Gasteiger partial charge in [0.05, 0.1) is 31.3 Å². The van der Waals surface area contributed by atoms with Crippen molar-refractivity contribution in [2.45, 2.75) is 23.1 Å². The zero-order valence-electron chi connectivity index (χ0n) is 18.5. The summed E-state index contributed by atoms with van der Waals surface area (Å²) in [6, 6.07) is 10.9. The molecule has 0 heterocycles. The third kappa shape index (κ3) is 7.41. The van der Waals surface area contributed by atoms with Gasteiger partial charge >= 0.3 is 0 Å². The van der Waals surface area contributed by atoms with Crippen molar-refractivity contribution in [3.8, 4) is 0 Å². The molecule has 0 aliphatic carbocycles. The molecule has 0 aromatic heterocycles. The molecule has 2 rings (SSSR count). The average Bonchev–Trinajstić information content (AvgIpc) is 2.76. The van der Waals surface area contributed by atoms with E-state index in [1.165, 1.54) is 0 Å². The SMILES string of the molecule is CN(C)c1cccc2c(S(=O)(=O)C(N)CCOCCOCCOCCCN)cccc12. The smallest absolute Gasteiger partial charge is 0.194 e. The Morgan fingerprint density at radius 2 is 1.45 bits per heavy atom. The summed E-state index contributed by atoms with van der Waals surface area (Å²) in [5.41, 5.74) is 12.4. The van der Waals surface area contributed by atoms with E-state index in [1.54, 1.807) is 12.1 Å². The second-order valence-corrected chi connectivity index (χ2v) is 9.51. The molecule has 9 heteroatoms. The Kier molecular flexibility index (Phi) is 10.7. The first-order chi connectivity index (χ1) is 14.9. The van der Waals surface area contributed by atoms with Gasteiger partial charge in [-0.3, -0.25) is 0 Å². The van der Waals surface area contributed by atoms with Gasteiger partial charge in [-0.05, 0) is 25.1 Å². The van der Waals surface area contributed by atoms with Crippen molar-refractivity contribution >= 4 is 26.3 Å². The number of nitrogens with zero attached hydrogens (tertiary/aromatic N) is 1. The molecule has 1 atom stereocenters. The third-order valence-electron chi connectivity index (χ3n) is 4.83. The number of nitrogens with two attached hydrogens (primary N) is 2. The molecule has 2 aromatic rings. The minimum absolute atomic E-state index is 0.203. The molecule has 0 fully saturated rings. The number of hydrogen-bond donors (Lipinski definition) is 2. The van der Waals surface area contributed by atoms with Crippen molar-refractivity contribution in [1.82, 2.24) is 0 Å². The fourth-order valence-corrected chi connectivity index (χ4v) is 4.63.